The van der Waals surface area contributed by atoms with E-state index in [0.29, 0.717) is 16.5 Å². The van der Waals surface area contributed by atoms with Gasteiger partial charge in [-0.15, -0.1) is 0 Å². The van der Waals surface area contributed by atoms with Crippen molar-refractivity contribution < 1.29 is 13.6 Å². The molecular formula is C18H12ClF2N3O. The lowest BCUT2D eigenvalue weighted by Crippen LogP contribution is -2.12. The van der Waals surface area contributed by atoms with Gasteiger partial charge in [0.05, 0.1) is 11.9 Å². The SMILES string of the molecule is O=C(Nc1ccc(Nc2cccc(Cl)c2)nc1)c1ccc(F)c(F)c1. The number of halogens is 3. The molecule has 7 heteroatoms. The molecular weight excluding hydrogens is 348 g/mol. The second-order valence-corrected chi connectivity index (χ2v) is 5.59. The molecule has 0 aliphatic rings. The molecule has 0 atom stereocenters. The van der Waals surface area contributed by atoms with Crippen LogP contribution in [-0.2, 0) is 0 Å². The third-order valence-corrected chi connectivity index (χ3v) is 3.54. The molecule has 1 heterocycles. The Kier molecular flexibility index (Phi) is 4.90. The van der Waals surface area contributed by atoms with Crippen molar-refractivity contribution in [1.82, 2.24) is 4.98 Å². The molecule has 25 heavy (non-hydrogen) atoms. The second kappa shape index (κ2) is 7.27. The number of nitrogens with zero attached hydrogens (tertiary/aromatic N) is 1. The topological polar surface area (TPSA) is 54.0 Å². The quantitative estimate of drug-likeness (QED) is 0.688. The van der Waals surface area contributed by atoms with E-state index >= 15 is 0 Å². The van der Waals surface area contributed by atoms with Crippen LogP contribution >= 0.6 is 11.6 Å². The van der Waals surface area contributed by atoms with Crippen molar-refractivity contribution in [3.05, 3.63) is 83.0 Å². The zero-order chi connectivity index (χ0) is 17.8. The Labute approximate surface area is 147 Å². The van der Waals surface area contributed by atoms with Gasteiger partial charge in [-0.05, 0) is 48.5 Å². The van der Waals surface area contributed by atoms with E-state index in [1.54, 1.807) is 30.3 Å². The molecule has 0 saturated carbocycles. The first kappa shape index (κ1) is 16.9. The summed E-state index contributed by atoms with van der Waals surface area (Å²) in [4.78, 5) is 16.2. The number of carbonyl (C=O) groups excluding carboxylic acids is 1. The van der Waals surface area contributed by atoms with Gasteiger partial charge in [-0.2, -0.15) is 0 Å². The fraction of sp³-hybridized carbons (Fsp3) is 0. The largest absolute Gasteiger partial charge is 0.340 e. The van der Waals surface area contributed by atoms with Crippen molar-refractivity contribution in [2.75, 3.05) is 10.6 Å². The van der Waals surface area contributed by atoms with Crippen LogP contribution < -0.4 is 10.6 Å². The van der Waals surface area contributed by atoms with Crippen LogP contribution in [0, 0.1) is 11.6 Å². The zero-order valence-corrected chi connectivity index (χ0v) is 13.5. The first-order valence-corrected chi connectivity index (χ1v) is 7.64. The van der Waals surface area contributed by atoms with E-state index in [9.17, 15) is 13.6 Å². The maximum Gasteiger partial charge on any atom is 0.255 e. The molecule has 0 spiro atoms. The Morgan fingerprint density at radius 3 is 2.48 bits per heavy atom. The lowest BCUT2D eigenvalue weighted by atomic mass is 10.2. The minimum absolute atomic E-state index is 0.0139. The average molecular weight is 360 g/mol. The third kappa shape index (κ3) is 4.30. The number of benzene rings is 2. The number of anilines is 3. The first-order valence-electron chi connectivity index (χ1n) is 7.26. The predicted molar refractivity (Wildman–Crippen MR) is 93.3 cm³/mol. The van der Waals surface area contributed by atoms with Gasteiger partial charge in [-0.3, -0.25) is 4.79 Å². The number of hydrogen-bond acceptors (Lipinski definition) is 3. The molecule has 0 radical (unpaired) electrons. The van der Waals surface area contributed by atoms with E-state index in [4.69, 9.17) is 11.6 Å². The van der Waals surface area contributed by atoms with E-state index in [0.717, 1.165) is 17.8 Å². The van der Waals surface area contributed by atoms with Crippen molar-refractivity contribution in [3.63, 3.8) is 0 Å². The highest BCUT2D eigenvalue weighted by atomic mass is 35.5. The molecule has 0 fully saturated rings. The first-order chi connectivity index (χ1) is 12.0. The number of carbonyl (C=O) groups is 1. The molecule has 3 aromatic rings. The van der Waals surface area contributed by atoms with Crippen LogP contribution in [0.1, 0.15) is 10.4 Å². The standard InChI is InChI=1S/C18H12ClF2N3O/c19-12-2-1-3-13(9-12)23-17-7-5-14(10-22-17)24-18(25)11-4-6-15(20)16(21)8-11/h1-10H,(H,22,23)(H,24,25). The average Bonchev–Trinajstić information content (AvgIpc) is 2.59. The van der Waals surface area contributed by atoms with Crippen LogP contribution in [0.5, 0.6) is 0 Å². The maximum atomic E-state index is 13.2. The number of nitrogens with one attached hydrogen (secondary N) is 2. The van der Waals surface area contributed by atoms with Crippen molar-refractivity contribution in [1.29, 1.82) is 0 Å². The molecule has 3 rings (SSSR count). The monoisotopic (exact) mass is 359 g/mol. The molecule has 0 bridgehead atoms. The number of aromatic nitrogens is 1. The minimum atomic E-state index is -1.08. The Balaban J connectivity index is 1.67. The molecule has 2 N–H and O–H groups in total. The minimum Gasteiger partial charge on any atom is -0.340 e. The van der Waals surface area contributed by atoms with Gasteiger partial charge in [0.15, 0.2) is 11.6 Å². The Morgan fingerprint density at radius 2 is 1.80 bits per heavy atom. The van der Waals surface area contributed by atoms with Crippen molar-refractivity contribution in [3.8, 4) is 0 Å². The van der Waals surface area contributed by atoms with E-state index in [2.05, 4.69) is 15.6 Å². The number of pyridine rings is 1. The Hall–Kier alpha value is -2.99. The highest BCUT2D eigenvalue weighted by molar-refractivity contribution is 6.30. The van der Waals surface area contributed by atoms with E-state index in [-0.39, 0.29) is 5.56 Å². The third-order valence-electron chi connectivity index (χ3n) is 3.30. The van der Waals surface area contributed by atoms with Gasteiger partial charge in [-0.25, -0.2) is 13.8 Å². The molecule has 1 aromatic heterocycles. The van der Waals surface area contributed by atoms with Crippen LogP contribution in [-0.4, -0.2) is 10.9 Å². The summed E-state index contributed by atoms with van der Waals surface area (Å²) in [5, 5.41) is 6.23. The number of hydrogen-bond donors (Lipinski definition) is 2. The van der Waals surface area contributed by atoms with Gasteiger partial charge in [0.2, 0.25) is 0 Å². The Bertz CT molecular complexity index is 916. The van der Waals surface area contributed by atoms with E-state index in [1.807, 2.05) is 6.07 Å². The van der Waals surface area contributed by atoms with Gasteiger partial charge in [-0.1, -0.05) is 17.7 Å². The summed E-state index contributed by atoms with van der Waals surface area (Å²) in [6.07, 6.45) is 1.45. The predicted octanol–water partition coefficient (Wildman–Crippen LogP) is 5.01. The summed E-state index contributed by atoms with van der Waals surface area (Å²) in [5.41, 5.74) is 1.21. The second-order valence-electron chi connectivity index (χ2n) is 5.15. The molecule has 0 aliphatic carbocycles. The van der Waals surface area contributed by atoms with Gasteiger partial charge in [0.1, 0.15) is 5.82 Å². The fourth-order valence-corrected chi connectivity index (χ4v) is 2.29. The Morgan fingerprint density at radius 1 is 0.960 bits per heavy atom. The van der Waals surface area contributed by atoms with E-state index < -0.39 is 17.5 Å². The zero-order valence-electron chi connectivity index (χ0n) is 12.8. The molecule has 1 amide bonds. The van der Waals surface area contributed by atoms with Crippen LogP contribution in [0.2, 0.25) is 5.02 Å². The van der Waals surface area contributed by atoms with Crippen LogP contribution in [0.4, 0.5) is 26.0 Å². The van der Waals surface area contributed by atoms with Crippen molar-refractivity contribution >= 4 is 34.7 Å². The summed E-state index contributed by atoms with van der Waals surface area (Å²) < 4.78 is 26.1. The normalized spacial score (nSPS) is 10.4. The smallest absolute Gasteiger partial charge is 0.255 e. The van der Waals surface area contributed by atoms with Crippen molar-refractivity contribution in [2.24, 2.45) is 0 Å². The highest BCUT2D eigenvalue weighted by Crippen LogP contribution is 2.20. The van der Waals surface area contributed by atoms with E-state index in [1.165, 1.54) is 12.3 Å². The molecule has 0 saturated heterocycles. The molecule has 0 unspecified atom stereocenters. The number of amides is 1. The fourth-order valence-electron chi connectivity index (χ4n) is 2.10. The lowest BCUT2D eigenvalue weighted by Gasteiger charge is -2.08. The summed E-state index contributed by atoms with van der Waals surface area (Å²) in [6.45, 7) is 0. The molecule has 126 valence electrons. The van der Waals surface area contributed by atoms with Crippen molar-refractivity contribution in [2.45, 2.75) is 0 Å². The summed E-state index contributed by atoms with van der Waals surface area (Å²) >= 11 is 5.91. The van der Waals surface area contributed by atoms with Gasteiger partial charge in [0, 0.05) is 16.3 Å². The molecule has 0 aliphatic heterocycles. The van der Waals surface area contributed by atoms with Crippen LogP contribution in [0.3, 0.4) is 0 Å². The lowest BCUT2D eigenvalue weighted by molar-refractivity contribution is 0.102. The van der Waals surface area contributed by atoms with Gasteiger partial charge < -0.3 is 10.6 Å². The molecule has 4 nitrogen and oxygen atoms in total. The maximum absolute atomic E-state index is 13.2. The van der Waals surface area contributed by atoms with Crippen LogP contribution in [0.25, 0.3) is 0 Å². The summed E-state index contributed by atoms with van der Waals surface area (Å²) in [7, 11) is 0. The summed E-state index contributed by atoms with van der Waals surface area (Å²) in [6, 6.07) is 13.4. The van der Waals surface area contributed by atoms with Crippen LogP contribution in [0.15, 0.2) is 60.8 Å². The number of rotatable bonds is 4. The van der Waals surface area contributed by atoms with Gasteiger partial charge >= 0.3 is 0 Å². The van der Waals surface area contributed by atoms with Gasteiger partial charge in [0.25, 0.3) is 5.91 Å². The summed E-state index contributed by atoms with van der Waals surface area (Å²) in [5.74, 6) is -2.08. The highest BCUT2D eigenvalue weighted by Gasteiger charge is 2.10. The molecule has 2 aromatic carbocycles.